The molecule has 0 bridgehead atoms. The molecule has 3 heterocycles. The van der Waals surface area contributed by atoms with Gasteiger partial charge >= 0.3 is 0 Å². The number of nitrogens with zero attached hydrogens (tertiary/aromatic N) is 3. The van der Waals surface area contributed by atoms with Crippen LogP contribution in [-0.2, 0) is 0 Å². The third-order valence-electron chi connectivity index (χ3n) is 10.7. The second kappa shape index (κ2) is 12.1. The molecule has 0 unspecified atom stereocenters. The van der Waals surface area contributed by atoms with Gasteiger partial charge in [0.25, 0.3) is 0 Å². The van der Waals surface area contributed by atoms with Crippen LogP contribution >= 0.6 is 0 Å². The molecule has 0 N–H and O–H groups in total. The fraction of sp³-hybridized carbons (Fsp3) is 0. The van der Waals surface area contributed by atoms with Crippen LogP contribution in [0.5, 0.6) is 0 Å². The first-order valence-electron chi connectivity index (χ1n) is 18.2. The number of hydrogen-bond acceptors (Lipinski definition) is 3. The lowest BCUT2D eigenvalue weighted by atomic mass is 9.91. The Morgan fingerprint density at radius 1 is 0.370 bits per heavy atom. The molecule has 11 aromatic rings. The highest BCUT2D eigenvalue weighted by Gasteiger charge is 2.19. The van der Waals surface area contributed by atoms with Crippen molar-refractivity contribution in [3.8, 4) is 50.7 Å². The largest absolute Gasteiger partial charge is 0.456 e. The predicted octanol–water partition coefficient (Wildman–Crippen LogP) is 13.3. The summed E-state index contributed by atoms with van der Waals surface area (Å²) in [4.78, 5) is 10.7. The minimum atomic E-state index is 0.621. The molecule has 0 saturated carbocycles. The van der Waals surface area contributed by atoms with Crippen molar-refractivity contribution in [1.29, 1.82) is 0 Å². The monoisotopic (exact) mass is 689 g/mol. The van der Waals surface area contributed by atoms with Gasteiger partial charge in [-0.15, -0.1) is 0 Å². The molecule has 4 nitrogen and oxygen atoms in total. The van der Waals surface area contributed by atoms with Gasteiger partial charge in [0.15, 0.2) is 0 Å². The summed E-state index contributed by atoms with van der Waals surface area (Å²) >= 11 is 0. The summed E-state index contributed by atoms with van der Waals surface area (Å²) in [6.45, 7) is 0. The summed E-state index contributed by atoms with van der Waals surface area (Å²) < 4.78 is 8.52. The van der Waals surface area contributed by atoms with Gasteiger partial charge in [-0.2, -0.15) is 0 Å². The van der Waals surface area contributed by atoms with Crippen LogP contribution < -0.4 is 0 Å². The van der Waals surface area contributed by atoms with Crippen molar-refractivity contribution in [3.63, 3.8) is 0 Å². The molecule has 0 aliphatic rings. The van der Waals surface area contributed by atoms with E-state index in [-0.39, 0.29) is 0 Å². The van der Waals surface area contributed by atoms with Crippen LogP contribution in [0.2, 0.25) is 0 Å². The maximum Gasteiger partial charge on any atom is 0.235 e. The van der Waals surface area contributed by atoms with Crippen molar-refractivity contribution in [2.24, 2.45) is 0 Å². The lowest BCUT2D eigenvalue weighted by Crippen LogP contribution is -2.04. The maximum absolute atomic E-state index is 6.32. The van der Waals surface area contributed by atoms with E-state index in [1.54, 1.807) is 0 Å². The zero-order chi connectivity index (χ0) is 35.6. The summed E-state index contributed by atoms with van der Waals surface area (Å²) in [5, 5.41) is 6.91. The molecule has 3 aromatic heterocycles. The molecule has 0 saturated heterocycles. The number of furan rings is 1. The van der Waals surface area contributed by atoms with Gasteiger partial charge in [-0.3, -0.25) is 4.57 Å². The summed E-state index contributed by atoms with van der Waals surface area (Å²) in [6, 6.07) is 66.1. The minimum absolute atomic E-state index is 0.621. The van der Waals surface area contributed by atoms with Crippen LogP contribution in [0.4, 0.5) is 0 Å². The molecule has 4 heteroatoms. The Hall–Kier alpha value is -7.30. The lowest BCUT2D eigenvalue weighted by molar-refractivity contribution is 0.669. The van der Waals surface area contributed by atoms with Crippen LogP contribution in [0.25, 0.3) is 105 Å². The zero-order valence-corrected chi connectivity index (χ0v) is 29.1. The summed E-state index contributed by atoms with van der Waals surface area (Å²) in [7, 11) is 0. The predicted molar refractivity (Wildman–Crippen MR) is 223 cm³/mol. The van der Waals surface area contributed by atoms with Gasteiger partial charge in [-0.05, 0) is 63.4 Å². The number of para-hydroxylation sites is 3. The molecule has 252 valence electrons. The number of aromatic nitrogens is 3. The van der Waals surface area contributed by atoms with Gasteiger partial charge in [-0.25, -0.2) is 9.97 Å². The highest BCUT2D eigenvalue weighted by molar-refractivity contribution is 6.13. The van der Waals surface area contributed by atoms with E-state index in [0.29, 0.717) is 5.95 Å². The van der Waals surface area contributed by atoms with E-state index in [1.807, 2.05) is 24.3 Å². The number of hydrogen-bond donors (Lipinski definition) is 0. The number of rotatable bonds is 5. The highest BCUT2D eigenvalue weighted by atomic mass is 16.3. The Morgan fingerprint density at radius 2 is 0.907 bits per heavy atom. The van der Waals surface area contributed by atoms with E-state index < -0.39 is 0 Å². The van der Waals surface area contributed by atoms with Crippen molar-refractivity contribution in [3.05, 3.63) is 188 Å². The first kappa shape index (κ1) is 30.3. The fourth-order valence-electron chi connectivity index (χ4n) is 8.21. The summed E-state index contributed by atoms with van der Waals surface area (Å²) in [6.07, 6.45) is 0. The van der Waals surface area contributed by atoms with E-state index in [4.69, 9.17) is 14.4 Å². The third-order valence-corrected chi connectivity index (χ3v) is 10.7. The van der Waals surface area contributed by atoms with Gasteiger partial charge in [0.1, 0.15) is 11.2 Å². The van der Waals surface area contributed by atoms with E-state index in [2.05, 4.69) is 168 Å². The van der Waals surface area contributed by atoms with Crippen molar-refractivity contribution >= 4 is 54.5 Å². The smallest absolute Gasteiger partial charge is 0.235 e. The first-order chi connectivity index (χ1) is 26.8. The van der Waals surface area contributed by atoms with Crippen LogP contribution in [0.1, 0.15) is 0 Å². The van der Waals surface area contributed by atoms with E-state index in [1.165, 1.54) is 38.2 Å². The molecular weight excluding hydrogens is 659 g/mol. The Balaban J connectivity index is 1.13. The van der Waals surface area contributed by atoms with Crippen LogP contribution in [0.3, 0.4) is 0 Å². The zero-order valence-electron chi connectivity index (χ0n) is 29.1. The molecule has 0 fully saturated rings. The minimum Gasteiger partial charge on any atom is -0.456 e. The first-order valence-corrected chi connectivity index (χ1v) is 18.2. The Labute approximate surface area is 311 Å². The quantitative estimate of drug-likeness (QED) is 0.181. The SMILES string of the molecule is c1ccc(-c2cccc3cccc(-c4ccc(-c5cc(-c6cccc7oc8ccccc8c67)nc(-n6c7ccccc7c7ccccc76)n5)cc4)c23)cc1. The Morgan fingerprint density at radius 3 is 1.63 bits per heavy atom. The van der Waals surface area contributed by atoms with E-state index in [9.17, 15) is 0 Å². The van der Waals surface area contributed by atoms with Gasteiger partial charge < -0.3 is 4.42 Å². The number of benzene rings is 8. The van der Waals surface area contributed by atoms with Crippen LogP contribution in [0, 0.1) is 0 Å². The Bertz CT molecular complexity index is 3150. The number of fused-ring (bicyclic) bond motifs is 7. The second-order valence-corrected chi connectivity index (χ2v) is 13.7. The molecular formula is C50H31N3O. The van der Waals surface area contributed by atoms with Gasteiger partial charge in [0.2, 0.25) is 5.95 Å². The molecule has 0 amide bonds. The Kier molecular flexibility index (Phi) is 6.82. The highest BCUT2D eigenvalue weighted by Crippen LogP contribution is 2.40. The standard InChI is InChI=1S/C50H31N3O/c1-2-13-32(14-3-1)36-20-10-15-35-16-11-21-37(48(35)36)33-27-29-34(30-28-33)42-31-43(40-22-12-26-47-49(40)41-19-6-9-25-46(41)54-47)52-50(51-42)53-44-23-7-4-17-38(44)39-18-5-8-24-45(39)53/h1-31H. The third kappa shape index (κ3) is 4.78. The van der Waals surface area contributed by atoms with Crippen molar-refractivity contribution < 1.29 is 4.42 Å². The molecule has 0 radical (unpaired) electrons. The van der Waals surface area contributed by atoms with Crippen molar-refractivity contribution in [2.75, 3.05) is 0 Å². The lowest BCUT2D eigenvalue weighted by Gasteiger charge is -2.14. The average molecular weight is 690 g/mol. The van der Waals surface area contributed by atoms with Crippen molar-refractivity contribution in [1.82, 2.24) is 14.5 Å². The fourth-order valence-corrected chi connectivity index (χ4v) is 8.21. The van der Waals surface area contributed by atoms with Gasteiger partial charge in [0.05, 0.1) is 22.4 Å². The molecule has 0 aliphatic carbocycles. The topological polar surface area (TPSA) is 43.9 Å². The second-order valence-electron chi connectivity index (χ2n) is 13.7. The van der Waals surface area contributed by atoms with Crippen LogP contribution in [0.15, 0.2) is 192 Å². The normalized spacial score (nSPS) is 11.7. The van der Waals surface area contributed by atoms with Gasteiger partial charge in [0, 0.05) is 32.7 Å². The van der Waals surface area contributed by atoms with Crippen LogP contribution in [-0.4, -0.2) is 14.5 Å². The maximum atomic E-state index is 6.32. The van der Waals surface area contributed by atoms with Crippen molar-refractivity contribution in [2.45, 2.75) is 0 Å². The average Bonchev–Trinajstić information content (AvgIpc) is 3.80. The molecule has 8 aromatic carbocycles. The molecule has 0 spiro atoms. The van der Waals surface area contributed by atoms with E-state index in [0.717, 1.165) is 61.1 Å². The summed E-state index contributed by atoms with van der Waals surface area (Å²) in [5.74, 6) is 0.621. The van der Waals surface area contributed by atoms with E-state index >= 15 is 0 Å². The molecule has 54 heavy (non-hydrogen) atoms. The van der Waals surface area contributed by atoms with Gasteiger partial charge in [-0.1, -0.05) is 158 Å². The summed E-state index contributed by atoms with van der Waals surface area (Å²) in [5.41, 5.74) is 12.3. The molecule has 0 atom stereocenters. The molecule has 0 aliphatic heterocycles. The molecule has 11 rings (SSSR count).